The highest BCUT2D eigenvalue weighted by Gasteiger charge is 2.19. The van der Waals surface area contributed by atoms with E-state index in [-0.39, 0.29) is 0 Å². The van der Waals surface area contributed by atoms with Gasteiger partial charge in [-0.3, -0.25) is 0 Å². The van der Waals surface area contributed by atoms with Crippen LogP contribution in [-0.2, 0) is 0 Å². The van der Waals surface area contributed by atoms with Crippen molar-refractivity contribution in [3.8, 4) is 29.0 Å². The topological polar surface area (TPSA) is 52.5 Å². The molecule has 3 nitrogen and oxygen atoms in total. The second kappa shape index (κ2) is 6.68. The Morgan fingerprint density at radius 1 is 0.552 bits per heavy atom. The molecule has 4 aromatic carbocycles. The fraction of sp³-hybridized carbons (Fsp3) is 0. The number of nitrogens with zero attached hydrogens (tertiary/aromatic N) is 3. The summed E-state index contributed by atoms with van der Waals surface area (Å²) in [7, 11) is 0. The van der Waals surface area contributed by atoms with Gasteiger partial charge in [-0.05, 0) is 35.4 Å². The number of aromatic nitrogens is 1. The van der Waals surface area contributed by atoms with Gasteiger partial charge in [0, 0.05) is 10.8 Å². The van der Waals surface area contributed by atoms with Gasteiger partial charge in [-0.15, -0.1) is 0 Å². The maximum atomic E-state index is 9.98. The van der Waals surface area contributed by atoms with Crippen LogP contribution in [0.5, 0.6) is 0 Å². The molecule has 0 spiro atoms. The largest absolute Gasteiger partial charge is 0.307 e. The first kappa shape index (κ1) is 16.8. The van der Waals surface area contributed by atoms with Gasteiger partial charge < -0.3 is 4.57 Å². The third kappa shape index (κ3) is 2.57. The molecule has 0 saturated carbocycles. The molecule has 0 bridgehead atoms. The number of fused-ring (bicyclic) bond motifs is 3. The molecule has 0 unspecified atom stereocenters. The average Bonchev–Trinajstić information content (AvgIpc) is 3.13. The van der Waals surface area contributed by atoms with Gasteiger partial charge in [0.1, 0.15) is 12.1 Å². The number of benzene rings is 4. The van der Waals surface area contributed by atoms with E-state index in [9.17, 15) is 10.5 Å². The monoisotopic (exact) mass is 369 g/mol. The molecule has 1 heterocycles. The maximum Gasteiger partial charge on any atom is 0.101 e. The summed E-state index contributed by atoms with van der Waals surface area (Å²) in [6.07, 6.45) is 0. The SMILES string of the molecule is N#Cc1cc(-c2ccccc2)cc(C#N)c1-n1c2ccccc2c2ccccc21. The highest BCUT2D eigenvalue weighted by atomic mass is 15.0. The molecule has 0 aliphatic heterocycles. The van der Waals surface area contributed by atoms with Crippen LogP contribution >= 0.6 is 0 Å². The molecule has 0 saturated heterocycles. The van der Waals surface area contributed by atoms with E-state index in [4.69, 9.17) is 0 Å². The molecule has 3 heteroatoms. The zero-order valence-corrected chi connectivity index (χ0v) is 15.5. The Morgan fingerprint density at radius 2 is 1.03 bits per heavy atom. The molecule has 29 heavy (non-hydrogen) atoms. The van der Waals surface area contributed by atoms with Crippen LogP contribution in [0.1, 0.15) is 11.1 Å². The summed E-state index contributed by atoms with van der Waals surface area (Å²) in [6, 6.07) is 34.4. The molecule has 0 aliphatic carbocycles. The van der Waals surface area contributed by atoms with Gasteiger partial charge in [0.25, 0.3) is 0 Å². The summed E-state index contributed by atoms with van der Waals surface area (Å²) >= 11 is 0. The van der Waals surface area contributed by atoms with Crippen molar-refractivity contribution in [3.63, 3.8) is 0 Å². The zero-order valence-electron chi connectivity index (χ0n) is 15.5. The van der Waals surface area contributed by atoms with Gasteiger partial charge in [-0.25, -0.2) is 0 Å². The summed E-state index contributed by atoms with van der Waals surface area (Å²) in [6.45, 7) is 0. The fourth-order valence-electron chi connectivity index (χ4n) is 4.01. The predicted octanol–water partition coefficient (Wildman–Crippen LogP) is 6.19. The molecular formula is C26H15N3. The molecule has 5 rings (SSSR count). The van der Waals surface area contributed by atoms with Crippen molar-refractivity contribution in [3.05, 3.63) is 102 Å². The number of rotatable bonds is 2. The van der Waals surface area contributed by atoms with E-state index in [0.717, 1.165) is 32.9 Å². The van der Waals surface area contributed by atoms with Crippen LogP contribution in [0.3, 0.4) is 0 Å². The number of hydrogen-bond acceptors (Lipinski definition) is 2. The summed E-state index contributed by atoms with van der Waals surface area (Å²) in [5.74, 6) is 0. The zero-order chi connectivity index (χ0) is 19.8. The molecule has 134 valence electrons. The Bertz CT molecular complexity index is 1370. The second-order valence-corrected chi connectivity index (χ2v) is 6.88. The minimum Gasteiger partial charge on any atom is -0.307 e. The standard InChI is InChI=1S/C26H15N3/c27-16-20-14-19(18-8-2-1-3-9-18)15-21(17-28)26(20)29-24-12-6-4-10-22(24)23-11-5-7-13-25(23)29/h1-15H. The van der Waals surface area contributed by atoms with Gasteiger partial charge >= 0.3 is 0 Å². The number of hydrogen-bond donors (Lipinski definition) is 0. The van der Waals surface area contributed by atoms with Gasteiger partial charge in [0.2, 0.25) is 0 Å². The van der Waals surface area contributed by atoms with Gasteiger partial charge in [-0.2, -0.15) is 10.5 Å². The maximum absolute atomic E-state index is 9.98. The molecule has 1 aromatic heterocycles. The Kier molecular flexibility index (Phi) is 3.87. The van der Waals surface area contributed by atoms with Crippen molar-refractivity contribution in [1.82, 2.24) is 4.57 Å². The number of para-hydroxylation sites is 2. The highest BCUT2D eigenvalue weighted by molar-refractivity contribution is 6.09. The molecular weight excluding hydrogens is 354 g/mol. The fourth-order valence-corrected chi connectivity index (χ4v) is 4.01. The van der Waals surface area contributed by atoms with Crippen LogP contribution < -0.4 is 0 Å². The lowest BCUT2D eigenvalue weighted by molar-refractivity contribution is 1.16. The van der Waals surface area contributed by atoms with Crippen LogP contribution in [0.4, 0.5) is 0 Å². The lowest BCUT2D eigenvalue weighted by Gasteiger charge is -2.14. The van der Waals surface area contributed by atoms with E-state index in [1.54, 1.807) is 0 Å². The van der Waals surface area contributed by atoms with Crippen molar-refractivity contribution in [1.29, 1.82) is 10.5 Å². The Morgan fingerprint density at radius 3 is 1.55 bits per heavy atom. The quantitative estimate of drug-likeness (QED) is 0.372. The third-order valence-corrected chi connectivity index (χ3v) is 5.26. The first-order chi connectivity index (χ1) is 14.3. The van der Waals surface area contributed by atoms with E-state index in [0.29, 0.717) is 16.8 Å². The smallest absolute Gasteiger partial charge is 0.101 e. The van der Waals surface area contributed by atoms with Crippen molar-refractivity contribution >= 4 is 21.8 Å². The molecule has 0 aliphatic rings. The van der Waals surface area contributed by atoms with E-state index < -0.39 is 0 Å². The van der Waals surface area contributed by atoms with E-state index in [1.807, 2.05) is 83.4 Å². The Labute approximate surface area is 168 Å². The summed E-state index contributed by atoms with van der Waals surface area (Å²) < 4.78 is 2.04. The third-order valence-electron chi connectivity index (χ3n) is 5.26. The molecule has 0 N–H and O–H groups in total. The summed E-state index contributed by atoms with van der Waals surface area (Å²) in [5, 5.41) is 22.2. The van der Waals surface area contributed by atoms with Crippen molar-refractivity contribution < 1.29 is 0 Å². The van der Waals surface area contributed by atoms with Gasteiger partial charge in [0.15, 0.2) is 0 Å². The normalized spacial score (nSPS) is 10.7. The van der Waals surface area contributed by atoms with Gasteiger partial charge in [0.05, 0.1) is 27.8 Å². The van der Waals surface area contributed by atoms with Crippen LogP contribution in [0.25, 0.3) is 38.6 Å². The highest BCUT2D eigenvalue weighted by Crippen LogP contribution is 2.35. The van der Waals surface area contributed by atoms with Crippen LogP contribution in [-0.4, -0.2) is 4.57 Å². The van der Waals surface area contributed by atoms with E-state index in [1.165, 1.54) is 0 Å². The predicted molar refractivity (Wildman–Crippen MR) is 116 cm³/mol. The minimum atomic E-state index is 0.481. The van der Waals surface area contributed by atoms with Crippen LogP contribution in [0.15, 0.2) is 91.0 Å². The van der Waals surface area contributed by atoms with Crippen molar-refractivity contribution in [2.24, 2.45) is 0 Å². The molecule has 0 amide bonds. The lowest BCUT2D eigenvalue weighted by Crippen LogP contribution is -2.02. The van der Waals surface area contributed by atoms with Crippen molar-refractivity contribution in [2.75, 3.05) is 0 Å². The lowest BCUT2D eigenvalue weighted by atomic mass is 9.98. The van der Waals surface area contributed by atoms with E-state index in [2.05, 4.69) is 24.3 Å². The number of nitriles is 2. The summed E-state index contributed by atoms with van der Waals surface area (Å²) in [5.41, 5.74) is 5.40. The molecule has 0 fully saturated rings. The van der Waals surface area contributed by atoms with Crippen LogP contribution in [0.2, 0.25) is 0 Å². The van der Waals surface area contributed by atoms with Gasteiger partial charge in [-0.1, -0.05) is 66.7 Å². The first-order valence-corrected chi connectivity index (χ1v) is 9.34. The summed E-state index contributed by atoms with van der Waals surface area (Å²) in [4.78, 5) is 0. The average molecular weight is 369 g/mol. The van der Waals surface area contributed by atoms with Crippen molar-refractivity contribution in [2.45, 2.75) is 0 Å². The Balaban J connectivity index is 1.90. The second-order valence-electron chi connectivity index (χ2n) is 6.88. The first-order valence-electron chi connectivity index (χ1n) is 9.34. The molecule has 0 atom stereocenters. The van der Waals surface area contributed by atoms with E-state index >= 15 is 0 Å². The molecule has 0 radical (unpaired) electrons. The molecule has 5 aromatic rings. The minimum absolute atomic E-state index is 0.481. The van der Waals surface area contributed by atoms with Crippen LogP contribution in [0, 0.1) is 22.7 Å². The Hall–Kier alpha value is -4.34.